The normalized spacial score (nSPS) is 23.4. The summed E-state index contributed by atoms with van der Waals surface area (Å²) in [4.78, 5) is 50.8. The van der Waals surface area contributed by atoms with Crippen molar-refractivity contribution in [3.05, 3.63) is 51.6 Å². The Kier molecular flexibility index (Phi) is 5.03. The van der Waals surface area contributed by atoms with Crippen LogP contribution >= 0.6 is 0 Å². The predicted molar refractivity (Wildman–Crippen MR) is 109 cm³/mol. The topological polar surface area (TPSA) is 179 Å². The number of Topliss-reactive ketones (excluding diaryl/α,β-unsaturated/α-hetero) is 1. The van der Waals surface area contributed by atoms with Crippen molar-refractivity contribution in [1.82, 2.24) is 0 Å². The van der Waals surface area contributed by atoms with Crippen molar-refractivity contribution in [1.29, 1.82) is 0 Å². The third kappa shape index (κ3) is 3.10. The minimum Gasteiger partial charge on any atom is -0.507 e. The van der Waals surface area contributed by atoms with Crippen LogP contribution in [0.1, 0.15) is 74.8 Å². The first-order valence-electron chi connectivity index (χ1n) is 9.94. The lowest BCUT2D eigenvalue weighted by atomic mass is 9.66. The lowest BCUT2D eigenvalue weighted by Crippen LogP contribution is -2.47. The van der Waals surface area contributed by atoms with Crippen molar-refractivity contribution in [2.24, 2.45) is 0 Å². The number of ketones is 3. The number of carbonyl (C=O) groups is 4. The Bertz CT molecular complexity index is 1260. The Labute approximate surface area is 186 Å². The Morgan fingerprint density at radius 1 is 1.06 bits per heavy atom. The van der Waals surface area contributed by atoms with Crippen LogP contribution in [0.5, 0.6) is 17.2 Å². The van der Waals surface area contributed by atoms with Gasteiger partial charge in [0.25, 0.3) is 0 Å². The molecule has 33 heavy (non-hydrogen) atoms. The third-order valence-corrected chi connectivity index (χ3v) is 6.18. The molecule has 10 nitrogen and oxygen atoms in total. The molecule has 0 unspecified atom stereocenters. The zero-order chi connectivity index (χ0) is 24.4. The molecule has 0 fully saturated rings. The Balaban J connectivity index is 2.04. The van der Waals surface area contributed by atoms with E-state index in [2.05, 4.69) is 0 Å². The van der Waals surface area contributed by atoms with Crippen molar-refractivity contribution in [2.45, 2.75) is 37.4 Å². The predicted octanol–water partition coefficient (Wildman–Crippen LogP) is 0.983. The van der Waals surface area contributed by atoms with E-state index in [4.69, 9.17) is 4.74 Å². The largest absolute Gasteiger partial charge is 0.507 e. The smallest absolute Gasteiger partial charge is 0.316 e. The minimum atomic E-state index is -2.09. The number of benzene rings is 2. The van der Waals surface area contributed by atoms with Crippen molar-refractivity contribution in [3.63, 3.8) is 0 Å². The van der Waals surface area contributed by atoms with E-state index in [1.807, 2.05) is 0 Å². The van der Waals surface area contributed by atoms with E-state index in [0.717, 1.165) is 25.3 Å². The van der Waals surface area contributed by atoms with E-state index < -0.39 is 93.3 Å². The first kappa shape index (κ1) is 22.4. The summed E-state index contributed by atoms with van der Waals surface area (Å²) < 4.78 is 4.78. The number of methoxy groups -OCH3 is 1. The van der Waals surface area contributed by atoms with Crippen molar-refractivity contribution >= 4 is 23.3 Å². The van der Waals surface area contributed by atoms with Gasteiger partial charge < -0.3 is 30.3 Å². The van der Waals surface area contributed by atoms with Crippen LogP contribution in [-0.2, 0) is 14.3 Å². The molecule has 0 saturated heterocycles. The van der Waals surface area contributed by atoms with E-state index in [-0.39, 0.29) is 11.1 Å². The number of aromatic hydroxyl groups is 3. The van der Waals surface area contributed by atoms with Gasteiger partial charge in [-0.3, -0.25) is 19.2 Å². The Morgan fingerprint density at radius 3 is 2.18 bits per heavy atom. The average molecular weight is 456 g/mol. The molecule has 0 spiro atoms. The zero-order valence-corrected chi connectivity index (χ0v) is 17.6. The lowest BCUT2D eigenvalue weighted by molar-refractivity contribution is -0.154. The van der Waals surface area contributed by atoms with Crippen molar-refractivity contribution < 1.29 is 49.4 Å². The van der Waals surface area contributed by atoms with Gasteiger partial charge in [-0.25, -0.2) is 0 Å². The second kappa shape index (κ2) is 7.39. The summed E-state index contributed by atoms with van der Waals surface area (Å²) >= 11 is 0. The summed E-state index contributed by atoms with van der Waals surface area (Å²) in [6, 6.07) is 3.10. The summed E-state index contributed by atoms with van der Waals surface area (Å²) in [5.41, 5.74) is -4.48. The molecule has 172 valence electrons. The molecule has 0 saturated carbocycles. The molecule has 0 heterocycles. The summed E-state index contributed by atoms with van der Waals surface area (Å²) in [6.45, 7) is 1.19. The van der Waals surface area contributed by atoms with Crippen LogP contribution in [0.2, 0.25) is 0 Å². The number of phenols is 3. The van der Waals surface area contributed by atoms with Gasteiger partial charge in [0.2, 0.25) is 5.78 Å². The molecule has 4 rings (SSSR count). The van der Waals surface area contributed by atoms with Gasteiger partial charge in [0.1, 0.15) is 28.9 Å². The second-order valence-electron chi connectivity index (χ2n) is 8.32. The Morgan fingerprint density at radius 2 is 1.64 bits per heavy atom. The van der Waals surface area contributed by atoms with Gasteiger partial charge in [0.15, 0.2) is 5.78 Å². The number of hydrogen-bond donors (Lipinski definition) is 5. The van der Waals surface area contributed by atoms with Gasteiger partial charge in [-0.15, -0.1) is 0 Å². The van der Waals surface area contributed by atoms with Crippen LogP contribution in [-0.4, -0.2) is 61.6 Å². The van der Waals surface area contributed by atoms with Crippen LogP contribution < -0.4 is 0 Å². The van der Waals surface area contributed by atoms with Gasteiger partial charge in [-0.2, -0.15) is 0 Å². The van der Waals surface area contributed by atoms with E-state index in [1.165, 1.54) is 6.92 Å². The first-order chi connectivity index (χ1) is 15.4. The standard InChI is InChI=1S/C23H20O10/c1-8(24)6-23(32)7-13(27)14-9(18(23)22(31)33-2)5-10-15(20(14)29)21(30)17-12(26)4-3-11(25)16(17)19(10)28/h3-5,13,18,25-27,29,32H,6-7H2,1-2H3/t13-,18-,23+/m0/s1. The van der Waals surface area contributed by atoms with Gasteiger partial charge in [-0.05, 0) is 30.7 Å². The molecule has 2 aliphatic rings. The van der Waals surface area contributed by atoms with Gasteiger partial charge in [0.05, 0.1) is 35.5 Å². The SMILES string of the molecule is COC(=O)[C@@H]1c2cc3c(c(O)c2[C@@H](O)C[C@]1(O)CC(C)=O)C(=O)c1c(O)ccc(O)c1C3=O. The number of ether oxygens (including phenoxy) is 1. The number of phenolic OH excluding ortho intramolecular Hbond substituents is 3. The quantitative estimate of drug-likeness (QED) is 0.282. The van der Waals surface area contributed by atoms with E-state index in [9.17, 15) is 44.7 Å². The number of hydrogen-bond acceptors (Lipinski definition) is 10. The summed E-state index contributed by atoms with van der Waals surface area (Å²) in [5.74, 6) is -6.91. The highest BCUT2D eigenvalue weighted by Gasteiger charge is 2.52. The number of rotatable bonds is 3. The molecule has 0 radical (unpaired) electrons. The highest BCUT2D eigenvalue weighted by atomic mass is 16.5. The maximum Gasteiger partial charge on any atom is 0.316 e. The maximum absolute atomic E-state index is 13.2. The molecule has 2 aliphatic carbocycles. The summed E-state index contributed by atoms with van der Waals surface area (Å²) in [7, 11) is 1.05. The third-order valence-electron chi connectivity index (χ3n) is 6.18. The average Bonchev–Trinajstić information content (AvgIpc) is 2.71. The molecule has 0 aliphatic heterocycles. The van der Waals surface area contributed by atoms with Crippen LogP contribution in [0.15, 0.2) is 18.2 Å². The maximum atomic E-state index is 13.2. The fourth-order valence-electron chi connectivity index (χ4n) is 4.92. The molecule has 3 atom stereocenters. The highest BCUT2D eigenvalue weighted by Crippen LogP contribution is 2.52. The summed E-state index contributed by atoms with van der Waals surface area (Å²) in [6.07, 6.45) is -2.65. The molecule has 2 aromatic carbocycles. The van der Waals surface area contributed by atoms with Crippen molar-refractivity contribution in [2.75, 3.05) is 7.11 Å². The number of fused-ring (bicyclic) bond motifs is 3. The van der Waals surface area contributed by atoms with Crippen LogP contribution in [0.3, 0.4) is 0 Å². The van der Waals surface area contributed by atoms with Crippen molar-refractivity contribution in [3.8, 4) is 17.2 Å². The monoisotopic (exact) mass is 456 g/mol. The number of carbonyl (C=O) groups excluding carboxylic acids is 4. The van der Waals surface area contributed by atoms with Gasteiger partial charge in [-0.1, -0.05) is 0 Å². The molecular formula is C23H20O10. The molecule has 2 aromatic rings. The van der Waals surface area contributed by atoms with Gasteiger partial charge in [0, 0.05) is 24.0 Å². The minimum absolute atomic E-state index is 0.190. The van der Waals surface area contributed by atoms with Crippen LogP contribution in [0.25, 0.3) is 0 Å². The van der Waals surface area contributed by atoms with E-state index in [1.54, 1.807) is 0 Å². The highest BCUT2D eigenvalue weighted by molar-refractivity contribution is 6.31. The molecule has 5 N–H and O–H groups in total. The molecule has 0 amide bonds. The van der Waals surface area contributed by atoms with Crippen LogP contribution in [0.4, 0.5) is 0 Å². The number of esters is 1. The summed E-state index contributed by atoms with van der Waals surface area (Å²) in [5, 5.41) is 53.2. The van der Waals surface area contributed by atoms with E-state index in [0.29, 0.717) is 0 Å². The molecule has 0 aromatic heterocycles. The first-order valence-corrected chi connectivity index (χ1v) is 9.94. The van der Waals surface area contributed by atoms with Gasteiger partial charge >= 0.3 is 5.97 Å². The fraction of sp³-hybridized carbons (Fsp3) is 0.304. The fourth-order valence-corrected chi connectivity index (χ4v) is 4.92. The molecule has 0 bridgehead atoms. The molecular weight excluding hydrogens is 436 g/mol. The second-order valence-corrected chi connectivity index (χ2v) is 8.32. The lowest BCUT2D eigenvalue weighted by Gasteiger charge is -2.42. The van der Waals surface area contributed by atoms with E-state index >= 15 is 0 Å². The van der Waals surface area contributed by atoms with Crippen LogP contribution in [0, 0.1) is 0 Å². The Hall–Kier alpha value is -3.76. The molecule has 10 heteroatoms. The zero-order valence-electron chi connectivity index (χ0n) is 17.6. The number of aliphatic hydroxyl groups is 2. The number of aliphatic hydroxyl groups excluding tert-OH is 1.